The molecule has 0 spiro atoms. The van der Waals surface area contributed by atoms with E-state index in [0.717, 1.165) is 49.9 Å². The molecule has 1 aliphatic heterocycles. The molecule has 0 radical (unpaired) electrons. The molecule has 0 saturated carbocycles. The number of nitrogens with one attached hydrogen (secondary N) is 2. The first-order valence-electron chi connectivity index (χ1n) is 6.68. The molecule has 1 fully saturated rings. The summed E-state index contributed by atoms with van der Waals surface area (Å²) in [4.78, 5) is 8.52. The highest BCUT2D eigenvalue weighted by molar-refractivity contribution is 5.56. The molecule has 1 aliphatic rings. The van der Waals surface area contributed by atoms with Gasteiger partial charge in [-0.05, 0) is 32.6 Å². The lowest BCUT2D eigenvalue weighted by molar-refractivity contribution is 0.185. The Balaban J connectivity index is 1.86. The lowest BCUT2D eigenvalue weighted by atomic mass is 10.1. The predicted molar refractivity (Wildman–Crippen MR) is 73.0 cm³/mol. The SMILES string of the molecule is CCNc1ncnc(NCCC2CCOC2)c1C. The summed E-state index contributed by atoms with van der Waals surface area (Å²) in [6.07, 6.45) is 3.93. The third-order valence-corrected chi connectivity index (χ3v) is 3.30. The highest BCUT2D eigenvalue weighted by Crippen LogP contribution is 2.19. The minimum Gasteiger partial charge on any atom is -0.381 e. The van der Waals surface area contributed by atoms with E-state index in [4.69, 9.17) is 4.74 Å². The van der Waals surface area contributed by atoms with Gasteiger partial charge >= 0.3 is 0 Å². The highest BCUT2D eigenvalue weighted by Gasteiger charge is 2.15. The Morgan fingerprint density at radius 3 is 2.78 bits per heavy atom. The number of hydrogen-bond acceptors (Lipinski definition) is 5. The molecule has 0 aromatic carbocycles. The number of hydrogen-bond donors (Lipinski definition) is 2. The monoisotopic (exact) mass is 250 g/mol. The van der Waals surface area contributed by atoms with Crippen LogP contribution in [0.2, 0.25) is 0 Å². The summed E-state index contributed by atoms with van der Waals surface area (Å²) in [6, 6.07) is 0. The van der Waals surface area contributed by atoms with E-state index >= 15 is 0 Å². The first-order chi connectivity index (χ1) is 8.81. The van der Waals surface area contributed by atoms with E-state index in [1.54, 1.807) is 6.33 Å². The van der Waals surface area contributed by atoms with Crippen LogP contribution in [0.5, 0.6) is 0 Å². The zero-order valence-corrected chi connectivity index (χ0v) is 11.2. The molecule has 5 nitrogen and oxygen atoms in total. The Hall–Kier alpha value is -1.36. The molecule has 1 unspecified atom stereocenters. The van der Waals surface area contributed by atoms with Crippen molar-refractivity contribution in [1.29, 1.82) is 0 Å². The summed E-state index contributed by atoms with van der Waals surface area (Å²) in [5, 5.41) is 6.63. The molecule has 1 aromatic rings. The number of rotatable bonds is 6. The van der Waals surface area contributed by atoms with Crippen LogP contribution >= 0.6 is 0 Å². The van der Waals surface area contributed by atoms with Crippen molar-refractivity contribution in [1.82, 2.24) is 9.97 Å². The van der Waals surface area contributed by atoms with Crippen LogP contribution in [0, 0.1) is 12.8 Å². The van der Waals surface area contributed by atoms with Gasteiger partial charge in [-0.15, -0.1) is 0 Å². The Morgan fingerprint density at radius 2 is 2.11 bits per heavy atom. The highest BCUT2D eigenvalue weighted by atomic mass is 16.5. The van der Waals surface area contributed by atoms with Gasteiger partial charge in [0.25, 0.3) is 0 Å². The van der Waals surface area contributed by atoms with E-state index in [-0.39, 0.29) is 0 Å². The standard InChI is InChI=1S/C13H22N4O/c1-3-14-12-10(2)13(17-9-16-12)15-6-4-11-5-7-18-8-11/h9,11H,3-8H2,1-2H3,(H2,14,15,16,17). The summed E-state index contributed by atoms with van der Waals surface area (Å²) in [6.45, 7) is 7.75. The van der Waals surface area contributed by atoms with Crippen LogP contribution in [0.15, 0.2) is 6.33 Å². The van der Waals surface area contributed by atoms with Gasteiger partial charge in [-0.1, -0.05) is 0 Å². The Morgan fingerprint density at radius 1 is 1.33 bits per heavy atom. The van der Waals surface area contributed by atoms with Gasteiger partial charge in [-0.2, -0.15) is 0 Å². The summed E-state index contributed by atoms with van der Waals surface area (Å²) in [5.41, 5.74) is 1.09. The van der Waals surface area contributed by atoms with E-state index in [1.807, 2.05) is 6.92 Å². The topological polar surface area (TPSA) is 59.1 Å². The van der Waals surface area contributed by atoms with Gasteiger partial charge in [0.05, 0.1) is 0 Å². The average molecular weight is 250 g/mol. The molecule has 5 heteroatoms. The van der Waals surface area contributed by atoms with Crippen LogP contribution in [0.1, 0.15) is 25.3 Å². The van der Waals surface area contributed by atoms with E-state index in [0.29, 0.717) is 5.92 Å². The van der Waals surface area contributed by atoms with Crippen LogP contribution in [0.25, 0.3) is 0 Å². The van der Waals surface area contributed by atoms with E-state index in [2.05, 4.69) is 27.5 Å². The number of anilines is 2. The molecule has 0 bridgehead atoms. The maximum Gasteiger partial charge on any atom is 0.134 e. The smallest absolute Gasteiger partial charge is 0.134 e. The van der Waals surface area contributed by atoms with E-state index in [9.17, 15) is 0 Å². The number of aromatic nitrogens is 2. The van der Waals surface area contributed by atoms with Crippen molar-refractivity contribution in [2.75, 3.05) is 36.9 Å². The van der Waals surface area contributed by atoms with Crippen LogP contribution in [0.3, 0.4) is 0 Å². The zero-order chi connectivity index (χ0) is 12.8. The summed E-state index contributed by atoms with van der Waals surface area (Å²) in [5.74, 6) is 2.55. The summed E-state index contributed by atoms with van der Waals surface area (Å²) < 4.78 is 5.37. The second-order valence-corrected chi connectivity index (χ2v) is 4.67. The normalized spacial score (nSPS) is 18.9. The third-order valence-electron chi connectivity index (χ3n) is 3.30. The van der Waals surface area contributed by atoms with Gasteiger partial charge in [-0.25, -0.2) is 9.97 Å². The predicted octanol–water partition coefficient (Wildman–Crippen LogP) is 2.06. The van der Waals surface area contributed by atoms with Crippen molar-refractivity contribution < 1.29 is 4.74 Å². The summed E-state index contributed by atoms with van der Waals surface area (Å²) >= 11 is 0. The van der Waals surface area contributed by atoms with Crippen molar-refractivity contribution in [3.8, 4) is 0 Å². The second kappa shape index (κ2) is 6.54. The fraction of sp³-hybridized carbons (Fsp3) is 0.692. The van der Waals surface area contributed by atoms with Gasteiger partial charge < -0.3 is 15.4 Å². The number of ether oxygens (including phenoxy) is 1. The molecular formula is C13H22N4O. The molecule has 2 rings (SSSR count). The van der Waals surface area contributed by atoms with Crippen LogP contribution in [0.4, 0.5) is 11.6 Å². The Bertz CT molecular complexity index is 377. The second-order valence-electron chi connectivity index (χ2n) is 4.67. The van der Waals surface area contributed by atoms with Crippen molar-refractivity contribution in [2.24, 2.45) is 5.92 Å². The quantitative estimate of drug-likeness (QED) is 0.809. The van der Waals surface area contributed by atoms with Crippen molar-refractivity contribution >= 4 is 11.6 Å². The Labute approximate surface area is 108 Å². The van der Waals surface area contributed by atoms with Gasteiger partial charge in [0.2, 0.25) is 0 Å². The average Bonchev–Trinajstić information content (AvgIpc) is 2.87. The van der Waals surface area contributed by atoms with E-state index in [1.165, 1.54) is 6.42 Å². The molecule has 2 heterocycles. The van der Waals surface area contributed by atoms with E-state index < -0.39 is 0 Å². The third kappa shape index (κ3) is 3.32. The summed E-state index contributed by atoms with van der Waals surface area (Å²) in [7, 11) is 0. The maximum atomic E-state index is 5.37. The molecule has 100 valence electrons. The minimum absolute atomic E-state index is 0.702. The molecule has 1 saturated heterocycles. The van der Waals surface area contributed by atoms with Crippen molar-refractivity contribution in [3.63, 3.8) is 0 Å². The van der Waals surface area contributed by atoms with Crippen molar-refractivity contribution in [2.45, 2.75) is 26.7 Å². The fourth-order valence-corrected chi connectivity index (χ4v) is 2.18. The molecule has 2 N–H and O–H groups in total. The molecule has 1 atom stereocenters. The maximum absolute atomic E-state index is 5.37. The van der Waals surface area contributed by atoms with Gasteiger partial charge in [0.1, 0.15) is 18.0 Å². The Kier molecular flexibility index (Phi) is 4.75. The zero-order valence-electron chi connectivity index (χ0n) is 11.2. The molecular weight excluding hydrogens is 228 g/mol. The lowest BCUT2D eigenvalue weighted by Crippen LogP contribution is -2.12. The lowest BCUT2D eigenvalue weighted by Gasteiger charge is -2.13. The molecule has 0 aliphatic carbocycles. The van der Waals surface area contributed by atoms with Gasteiger partial charge in [0, 0.05) is 31.9 Å². The fourth-order valence-electron chi connectivity index (χ4n) is 2.18. The van der Waals surface area contributed by atoms with Gasteiger partial charge in [-0.3, -0.25) is 0 Å². The first kappa shape index (κ1) is 13.1. The van der Waals surface area contributed by atoms with Gasteiger partial charge in [0.15, 0.2) is 0 Å². The van der Waals surface area contributed by atoms with Crippen LogP contribution in [-0.4, -0.2) is 36.3 Å². The van der Waals surface area contributed by atoms with Crippen LogP contribution in [-0.2, 0) is 4.74 Å². The first-order valence-corrected chi connectivity index (χ1v) is 6.68. The largest absolute Gasteiger partial charge is 0.381 e. The molecule has 1 aromatic heterocycles. The minimum atomic E-state index is 0.702. The van der Waals surface area contributed by atoms with Crippen molar-refractivity contribution in [3.05, 3.63) is 11.9 Å². The molecule has 0 amide bonds. The molecule has 18 heavy (non-hydrogen) atoms. The van der Waals surface area contributed by atoms with Crippen LogP contribution < -0.4 is 10.6 Å². The number of nitrogens with zero attached hydrogens (tertiary/aromatic N) is 2.